The molecule has 5 nitrogen and oxygen atoms in total. The highest BCUT2D eigenvalue weighted by atomic mass is 16.5. The Labute approximate surface area is 131 Å². The highest BCUT2D eigenvalue weighted by Gasteiger charge is 2.04. The first-order chi connectivity index (χ1) is 10.6. The molecule has 0 saturated carbocycles. The van der Waals surface area contributed by atoms with E-state index in [0.29, 0.717) is 13.2 Å². The maximum atomic E-state index is 10.6. The fourth-order valence-electron chi connectivity index (χ4n) is 2.19. The van der Waals surface area contributed by atoms with Gasteiger partial charge in [-0.2, -0.15) is 0 Å². The molecule has 0 aliphatic carbocycles. The zero-order chi connectivity index (χ0) is 16.5. The number of hydrogen-bond acceptors (Lipinski definition) is 4. The number of fused-ring (bicyclic) bond motifs is 1. The lowest BCUT2D eigenvalue weighted by molar-refractivity contribution is 0.0250. The van der Waals surface area contributed by atoms with E-state index in [1.54, 1.807) is 14.2 Å². The molecule has 0 fully saturated rings. The van der Waals surface area contributed by atoms with Crippen LogP contribution in [-0.4, -0.2) is 44.7 Å². The van der Waals surface area contributed by atoms with Gasteiger partial charge in [-0.25, -0.2) is 0 Å². The van der Waals surface area contributed by atoms with Crippen molar-refractivity contribution in [3.63, 3.8) is 0 Å². The van der Waals surface area contributed by atoms with E-state index in [1.807, 2.05) is 25.1 Å². The maximum absolute atomic E-state index is 10.6. The fraction of sp³-hybridized carbons (Fsp3) is 0.471. The predicted octanol–water partition coefficient (Wildman–Crippen LogP) is 2.59. The summed E-state index contributed by atoms with van der Waals surface area (Å²) in [4.78, 5) is 13.8. The van der Waals surface area contributed by atoms with E-state index in [9.17, 15) is 4.79 Å². The number of ether oxygens (including phenoxy) is 2. The summed E-state index contributed by atoms with van der Waals surface area (Å²) in [5, 5.41) is 1.14. The number of hydrogen-bond donors (Lipinski definition) is 2. The number of methoxy groups -OCH3 is 2. The summed E-state index contributed by atoms with van der Waals surface area (Å²) in [6.45, 7) is 5.38. The Morgan fingerprint density at radius 3 is 2.59 bits per heavy atom. The molecule has 0 saturated heterocycles. The predicted molar refractivity (Wildman–Crippen MR) is 89.5 cm³/mol. The van der Waals surface area contributed by atoms with E-state index in [4.69, 9.17) is 15.2 Å². The number of carbonyl (C=O) groups is 1. The summed E-state index contributed by atoms with van der Waals surface area (Å²) in [5.41, 5.74) is 9.51. The molecule has 2 aromatic rings. The van der Waals surface area contributed by atoms with Gasteiger partial charge in [-0.15, -0.1) is 0 Å². The van der Waals surface area contributed by atoms with E-state index in [2.05, 4.69) is 11.9 Å². The summed E-state index contributed by atoms with van der Waals surface area (Å²) < 4.78 is 9.89. The normalized spacial score (nSPS) is 11.9. The highest BCUT2D eigenvalue weighted by Crippen LogP contribution is 2.21. The summed E-state index contributed by atoms with van der Waals surface area (Å²) in [6.07, 6.45) is 1.91. The molecule has 3 N–H and O–H groups in total. The molecular formula is C17H26N2O3. The molecule has 1 aromatic carbocycles. The molecule has 0 spiro atoms. The van der Waals surface area contributed by atoms with Crippen molar-refractivity contribution in [2.24, 2.45) is 5.73 Å². The third kappa shape index (κ3) is 4.94. The van der Waals surface area contributed by atoms with Gasteiger partial charge >= 0.3 is 0 Å². The Hall–Kier alpha value is -1.69. The number of nitrogens with one attached hydrogen (secondary N) is 1. The molecule has 2 rings (SSSR count). The minimum atomic E-state index is 0.167. The Kier molecular flexibility index (Phi) is 7.80. The van der Waals surface area contributed by atoms with Gasteiger partial charge < -0.3 is 20.2 Å². The minimum Gasteiger partial charge on any atom is -0.382 e. The second-order valence-electron chi connectivity index (χ2n) is 5.19. The second-order valence-corrected chi connectivity index (χ2v) is 5.19. The van der Waals surface area contributed by atoms with Crippen LogP contribution in [0.1, 0.15) is 28.0 Å². The Balaban J connectivity index is 0.000000239. The third-order valence-corrected chi connectivity index (χ3v) is 3.64. The average Bonchev–Trinajstić information content (AvgIpc) is 2.82. The molecular weight excluding hydrogens is 280 g/mol. The van der Waals surface area contributed by atoms with Gasteiger partial charge in [0.1, 0.15) is 6.29 Å². The molecule has 0 aliphatic heterocycles. The van der Waals surface area contributed by atoms with Crippen LogP contribution < -0.4 is 5.73 Å². The Morgan fingerprint density at radius 2 is 2.05 bits per heavy atom. The van der Waals surface area contributed by atoms with Gasteiger partial charge in [0.2, 0.25) is 0 Å². The number of aromatic amines is 1. The van der Waals surface area contributed by atoms with Crippen molar-refractivity contribution >= 4 is 17.2 Å². The number of H-pyrrole nitrogens is 1. The first-order valence-electron chi connectivity index (χ1n) is 7.33. The number of aromatic nitrogens is 1. The molecule has 0 radical (unpaired) electrons. The highest BCUT2D eigenvalue weighted by molar-refractivity contribution is 5.90. The summed E-state index contributed by atoms with van der Waals surface area (Å²) in [7, 11) is 3.32. The van der Waals surface area contributed by atoms with Crippen molar-refractivity contribution < 1.29 is 14.3 Å². The molecule has 0 amide bonds. The van der Waals surface area contributed by atoms with Crippen molar-refractivity contribution in [1.29, 1.82) is 0 Å². The second kappa shape index (κ2) is 9.35. The van der Waals surface area contributed by atoms with Gasteiger partial charge in [-0.05, 0) is 50.6 Å². The van der Waals surface area contributed by atoms with Crippen LogP contribution >= 0.6 is 0 Å². The molecule has 0 bridgehead atoms. The van der Waals surface area contributed by atoms with E-state index >= 15 is 0 Å². The number of carbonyl (C=O) groups excluding carboxylic acids is 1. The van der Waals surface area contributed by atoms with Crippen LogP contribution in [0.3, 0.4) is 0 Å². The van der Waals surface area contributed by atoms with Crippen molar-refractivity contribution in [2.45, 2.75) is 26.4 Å². The molecule has 1 unspecified atom stereocenters. The Morgan fingerprint density at radius 1 is 1.32 bits per heavy atom. The average molecular weight is 306 g/mol. The zero-order valence-corrected chi connectivity index (χ0v) is 13.8. The van der Waals surface area contributed by atoms with Crippen molar-refractivity contribution in [1.82, 2.24) is 4.98 Å². The summed E-state index contributed by atoms with van der Waals surface area (Å²) in [6, 6.07) is 5.69. The molecule has 1 aromatic heterocycles. The van der Waals surface area contributed by atoms with Crippen LogP contribution in [0.25, 0.3) is 10.9 Å². The van der Waals surface area contributed by atoms with E-state index in [-0.39, 0.29) is 6.10 Å². The van der Waals surface area contributed by atoms with Gasteiger partial charge in [0, 0.05) is 36.4 Å². The minimum absolute atomic E-state index is 0.167. The molecule has 1 atom stereocenters. The number of nitrogens with two attached hydrogens (primary N) is 1. The first-order valence-corrected chi connectivity index (χ1v) is 7.33. The zero-order valence-electron chi connectivity index (χ0n) is 13.8. The van der Waals surface area contributed by atoms with Crippen LogP contribution in [0.15, 0.2) is 18.2 Å². The molecule has 1 heterocycles. The van der Waals surface area contributed by atoms with Gasteiger partial charge in [0.25, 0.3) is 0 Å². The standard InChI is InChI=1S/C11H11NO.C6H15NO2/c1-7-8(2)12-11-4-3-9(6-13)5-10(7)11;1-8-5-6(9-2)3-4-7/h3-6,12H,1-2H3;6H,3-5,7H2,1-2H3. The monoisotopic (exact) mass is 306 g/mol. The van der Waals surface area contributed by atoms with Crippen LogP contribution in [0.5, 0.6) is 0 Å². The lowest BCUT2D eigenvalue weighted by Gasteiger charge is -2.11. The summed E-state index contributed by atoms with van der Waals surface area (Å²) in [5.74, 6) is 0. The maximum Gasteiger partial charge on any atom is 0.150 e. The molecule has 0 aliphatic rings. The molecule has 5 heteroatoms. The van der Waals surface area contributed by atoms with Crippen LogP contribution in [0.2, 0.25) is 0 Å². The quantitative estimate of drug-likeness (QED) is 0.804. The van der Waals surface area contributed by atoms with Crippen molar-refractivity contribution in [3.8, 4) is 0 Å². The fourth-order valence-corrected chi connectivity index (χ4v) is 2.19. The SMILES string of the molecule is COCC(CCN)OC.Cc1[nH]c2ccc(C=O)cc2c1C. The Bertz CT molecular complexity index is 587. The topological polar surface area (TPSA) is 77.3 Å². The number of benzene rings is 1. The van der Waals surface area contributed by atoms with Crippen LogP contribution in [-0.2, 0) is 9.47 Å². The van der Waals surface area contributed by atoms with Crippen molar-refractivity contribution in [2.75, 3.05) is 27.4 Å². The molecule has 122 valence electrons. The lowest BCUT2D eigenvalue weighted by atomic mass is 10.1. The van der Waals surface area contributed by atoms with Crippen LogP contribution in [0.4, 0.5) is 0 Å². The van der Waals surface area contributed by atoms with E-state index in [0.717, 1.165) is 34.9 Å². The van der Waals surface area contributed by atoms with Gasteiger partial charge in [-0.1, -0.05) is 0 Å². The van der Waals surface area contributed by atoms with E-state index < -0.39 is 0 Å². The van der Waals surface area contributed by atoms with E-state index in [1.165, 1.54) is 5.56 Å². The van der Waals surface area contributed by atoms with Gasteiger partial charge in [-0.3, -0.25) is 4.79 Å². The van der Waals surface area contributed by atoms with Gasteiger partial charge in [0.15, 0.2) is 0 Å². The summed E-state index contributed by atoms with van der Waals surface area (Å²) >= 11 is 0. The lowest BCUT2D eigenvalue weighted by Crippen LogP contribution is -2.20. The smallest absolute Gasteiger partial charge is 0.150 e. The van der Waals surface area contributed by atoms with Gasteiger partial charge in [0.05, 0.1) is 12.7 Å². The number of aldehydes is 1. The largest absolute Gasteiger partial charge is 0.382 e. The number of rotatable bonds is 6. The molecule has 22 heavy (non-hydrogen) atoms. The van der Waals surface area contributed by atoms with Crippen molar-refractivity contribution in [3.05, 3.63) is 35.0 Å². The number of aryl methyl sites for hydroxylation is 2. The van der Waals surface area contributed by atoms with Crippen LogP contribution in [0, 0.1) is 13.8 Å². The first kappa shape index (κ1) is 18.4. The third-order valence-electron chi connectivity index (χ3n) is 3.64.